The molecule has 0 saturated carbocycles. The van der Waals surface area contributed by atoms with Gasteiger partial charge in [-0.15, -0.1) is 0 Å². The van der Waals surface area contributed by atoms with Crippen LogP contribution in [-0.2, 0) is 6.54 Å². The molecule has 1 saturated heterocycles. The standard InChI is InChI=1S/C13H20N2O/c1-13(14)7-8-15(10-12(13)16)9-11-5-3-2-4-6-11/h2-6,12,16H,7-10,14H2,1H3/t12-,13-/m1/s1. The van der Waals surface area contributed by atoms with Gasteiger partial charge in [0.15, 0.2) is 0 Å². The molecule has 1 aromatic rings. The number of hydrogen-bond donors (Lipinski definition) is 2. The summed E-state index contributed by atoms with van der Waals surface area (Å²) in [6.07, 6.45) is 0.422. The van der Waals surface area contributed by atoms with E-state index in [0.29, 0.717) is 6.54 Å². The van der Waals surface area contributed by atoms with E-state index in [1.165, 1.54) is 5.56 Å². The summed E-state index contributed by atoms with van der Waals surface area (Å²) in [4.78, 5) is 2.26. The van der Waals surface area contributed by atoms with E-state index in [9.17, 15) is 5.11 Å². The minimum atomic E-state index is -0.426. The maximum atomic E-state index is 9.92. The van der Waals surface area contributed by atoms with Gasteiger partial charge in [0, 0.05) is 25.2 Å². The van der Waals surface area contributed by atoms with E-state index >= 15 is 0 Å². The summed E-state index contributed by atoms with van der Waals surface area (Å²) in [6.45, 7) is 4.45. The molecule has 0 aliphatic carbocycles. The van der Waals surface area contributed by atoms with E-state index in [-0.39, 0.29) is 0 Å². The molecule has 3 heteroatoms. The molecule has 3 nitrogen and oxygen atoms in total. The van der Waals surface area contributed by atoms with Gasteiger partial charge >= 0.3 is 0 Å². The van der Waals surface area contributed by atoms with E-state index in [1.54, 1.807) is 0 Å². The average molecular weight is 220 g/mol. The van der Waals surface area contributed by atoms with Crippen molar-refractivity contribution < 1.29 is 5.11 Å². The fraction of sp³-hybridized carbons (Fsp3) is 0.538. The van der Waals surface area contributed by atoms with Gasteiger partial charge in [0.25, 0.3) is 0 Å². The number of piperidine rings is 1. The van der Waals surface area contributed by atoms with Crippen LogP contribution < -0.4 is 5.73 Å². The Kier molecular flexibility index (Phi) is 3.28. The Morgan fingerprint density at radius 3 is 2.75 bits per heavy atom. The van der Waals surface area contributed by atoms with Crippen molar-refractivity contribution in [1.82, 2.24) is 4.90 Å². The van der Waals surface area contributed by atoms with E-state index in [1.807, 2.05) is 25.1 Å². The number of likely N-dealkylation sites (tertiary alicyclic amines) is 1. The van der Waals surface area contributed by atoms with Crippen molar-refractivity contribution in [2.24, 2.45) is 5.73 Å². The molecule has 0 bridgehead atoms. The van der Waals surface area contributed by atoms with Gasteiger partial charge in [-0.1, -0.05) is 30.3 Å². The second-order valence-electron chi connectivity index (χ2n) is 4.99. The molecule has 1 fully saturated rings. The largest absolute Gasteiger partial charge is 0.390 e. The van der Waals surface area contributed by atoms with Crippen LogP contribution in [0, 0.1) is 0 Å². The average Bonchev–Trinajstić information content (AvgIpc) is 2.26. The highest BCUT2D eigenvalue weighted by molar-refractivity contribution is 5.14. The summed E-state index contributed by atoms with van der Waals surface area (Å²) < 4.78 is 0. The Morgan fingerprint density at radius 2 is 2.12 bits per heavy atom. The monoisotopic (exact) mass is 220 g/mol. The lowest BCUT2D eigenvalue weighted by atomic mass is 9.88. The second kappa shape index (κ2) is 4.53. The van der Waals surface area contributed by atoms with Crippen LogP contribution in [0.25, 0.3) is 0 Å². The predicted octanol–water partition coefficient (Wildman–Crippen LogP) is 0.971. The Bertz CT molecular complexity index is 337. The van der Waals surface area contributed by atoms with Crippen LogP contribution >= 0.6 is 0 Å². The lowest BCUT2D eigenvalue weighted by molar-refractivity contribution is 0.00881. The second-order valence-corrected chi connectivity index (χ2v) is 4.99. The molecule has 1 aromatic carbocycles. The number of rotatable bonds is 2. The Balaban J connectivity index is 1.94. The predicted molar refractivity (Wildman–Crippen MR) is 64.9 cm³/mol. The highest BCUT2D eigenvalue weighted by Crippen LogP contribution is 2.20. The van der Waals surface area contributed by atoms with E-state index in [4.69, 9.17) is 5.73 Å². The lowest BCUT2D eigenvalue weighted by Crippen LogP contribution is -2.58. The van der Waals surface area contributed by atoms with Crippen molar-refractivity contribution in [2.75, 3.05) is 13.1 Å². The van der Waals surface area contributed by atoms with Crippen molar-refractivity contribution in [2.45, 2.75) is 31.5 Å². The summed E-state index contributed by atoms with van der Waals surface area (Å²) in [5, 5.41) is 9.92. The van der Waals surface area contributed by atoms with Crippen LogP contribution in [0.1, 0.15) is 18.9 Å². The Labute approximate surface area is 96.9 Å². The van der Waals surface area contributed by atoms with Gasteiger partial charge in [-0.2, -0.15) is 0 Å². The number of nitrogens with two attached hydrogens (primary N) is 1. The molecular weight excluding hydrogens is 200 g/mol. The molecule has 0 amide bonds. The Hall–Kier alpha value is -0.900. The molecule has 1 aliphatic rings. The van der Waals surface area contributed by atoms with Gasteiger partial charge in [-0.3, -0.25) is 4.90 Å². The van der Waals surface area contributed by atoms with Gasteiger partial charge in [0.1, 0.15) is 0 Å². The maximum absolute atomic E-state index is 9.92. The van der Waals surface area contributed by atoms with Crippen LogP contribution in [0.4, 0.5) is 0 Å². The lowest BCUT2D eigenvalue weighted by Gasteiger charge is -2.40. The minimum absolute atomic E-state index is 0.423. The molecule has 3 N–H and O–H groups in total. The first-order chi connectivity index (χ1) is 7.58. The maximum Gasteiger partial charge on any atom is 0.0844 e. The fourth-order valence-electron chi connectivity index (χ4n) is 2.10. The molecular formula is C13H20N2O. The first-order valence-electron chi connectivity index (χ1n) is 5.81. The van der Waals surface area contributed by atoms with E-state index in [2.05, 4.69) is 17.0 Å². The van der Waals surface area contributed by atoms with Crippen LogP contribution in [0.15, 0.2) is 30.3 Å². The first-order valence-corrected chi connectivity index (χ1v) is 5.81. The molecule has 1 aliphatic heterocycles. The van der Waals surface area contributed by atoms with E-state index < -0.39 is 11.6 Å². The van der Waals surface area contributed by atoms with Crippen molar-refractivity contribution in [3.8, 4) is 0 Å². The third kappa shape index (κ3) is 2.61. The number of aliphatic hydroxyl groups excluding tert-OH is 1. The van der Waals surface area contributed by atoms with Crippen LogP contribution in [0.2, 0.25) is 0 Å². The van der Waals surface area contributed by atoms with Crippen molar-refractivity contribution in [3.05, 3.63) is 35.9 Å². The first kappa shape index (κ1) is 11.6. The molecule has 0 radical (unpaired) electrons. The van der Waals surface area contributed by atoms with Crippen LogP contribution in [-0.4, -0.2) is 34.7 Å². The summed E-state index contributed by atoms with van der Waals surface area (Å²) >= 11 is 0. The number of β-amino-alcohol motifs (C(OH)–C–C–N with tert-alkyl or cyclic N) is 1. The van der Waals surface area contributed by atoms with Gasteiger partial charge in [0.05, 0.1) is 6.10 Å². The zero-order valence-electron chi connectivity index (χ0n) is 9.76. The number of benzene rings is 1. The molecule has 16 heavy (non-hydrogen) atoms. The third-order valence-corrected chi connectivity index (χ3v) is 3.41. The molecule has 88 valence electrons. The third-order valence-electron chi connectivity index (χ3n) is 3.41. The minimum Gasteiger partial charge on any atom is -0.390 e. The Morgan fingerprint density at radius 1 is 1.44 bits per heavy atom. The fourth-order valence-corrected chi connectivity index (χ4v) is 2.10. The summed E-state index contributed by atoms with van der Waals surface area (Å²) in [5.74, 6) is 0. The molecule has 0 unspecified atom stereocenters. The zero-order valence-corrected chi connectivity index (χ0v) is 9.76. The van der Waals surface area contributed by atoms with Gasteiger partial charge in [-0.05, 0) is 18.9 Å². The van der Waals surface area contributed by atoms with Gasteiger partial charge in [-0.25, -0.2) is 0 Å². The summed E-state index contributed by atoms with van der Waals surface area (Å²) in [7, 11) is 0. The van der Waals surface area contributed by atoms with Crippen LogP contribution in [0.5, 0.6) is 0 Å². The SMILES string of the molecule is C[C@@]1(N)CCN(Cc2ccccc2)C[C@H]1O. The molecule has 0 spiro atoms. The van der Waals surface area contributed by atoms with E-state index in [0.717, 1.165) is 19.5 Å². The summed E-state index contributed by atoms with van der Waals surface area (Å²) in [5.41, 5.74) is 6.86. The number of hydrogen-bond acceptors (Lipinski definition) is 3. The van der Waals surface area contributed by atoms with Crippen molar-refractivity contribution >= 4 is 0 Å². The molecule has 0 aromatic heterocycles. The topological polar surface area (TPSA) is 49.5 Å². The highest BCUT2D eigenvalue weighted by atomic mass is 16.3. The van der Waals surface area contributed by atoms with Crippen LogP contribution in [0.3, 0.4) is 0 Å². The smallest absolute Gasteiger partial charge is 0.0844 e. The zero-order chi connectivity index (χ0) is 11.6. The molecule has 2 atom stereocenters. The summed E-state index contributed by atoms with van der Waals surface area (Å²) in [6, 6.07) is 10.3. The molecule has 2 rings (SSSR count). The van der Waals surface area contributed by atoms with Gasteiger partial charge < -0.3 is 10.8 Å². The quantitative estimate of drug-likeness (QED) is 0.781. The number of nitrogens with zero attached hydrogens (tertiary/aromatic N) is 1. The van der Waals surface area contributed by atoms with Gasteiger partial charge in [0.2, 0.25) is 0 Å². The normalized spacial score (nSPS) is 31.6. The van der Waals surface area contributed by atoms with Crippen molar-refractivity contribution in [3.63, 3.8) is 0 Å². The highest BCUT2D eigenvalue weighted by Gasteiger charge is 2.34. The molecule has 1 heterocycles. The van der Waals surface area contributed by atoms with Crippen molar-refractivity contribution in [1.29, 1.82) is 0 Å². The number of aliphatic hydroxyl groups is 1.